The van der Waals surface area contributed by atoms with Crippen LogP contribution in [0, 0.1) is 0 Å². The maximum absolute atomic E-state index is 4.49. The molecule has 0 unspecified atom stereocenters. The molecule has 4 aromatic rings. The predicted octanol–water partition coefficient (Wildman–Crippen LogP) is 5.20. The van der Waals surface area contributed by atoms with Crippen molar-refractivity contribution in [2.45, 2.75) is 6.42 Å². The number of rotatable bonds is 2. The molecule has 112 valence electrons. The highest BCUT2D eigenvalue weighted by Gasteiger charge is 1.94. The van der Waals surface area contributed by atoms with Gasteiger partial charge in [0, 0.05) is 29.1 Å². The van der Waals surface area contributed by atoms with E-state index in [9.17, 15) is 0 Å². The molecular weight excluding hydrogens is 280 g/mol. The van der Waals surface area contributed by atoms with E-state index in [0.717, 1.165) is 23.1 Å². The lowest BCUT2D eigenvalue weighted by Gasteiger charge is -1.99. The average Bonchev–Trinajstić information content (AvgIpc) is 2.63. The Labute approximate surface area is 136 Å². The van der Waals surface area contributed by atoms with E-state index in [1.165, 1.54) is 10.8 Å². The van der Waals surface area contributed by atoms with Crippen molar-refractivity contribution < 1.29 is 0 Å². The molecule has 4 rings (SSSR count). The van der Waals surface area contributed by atoms with Crippen LogP contribution in [0.25, 0.3) is 21.8 Å². The average molecular weight is 298 g/mol. The van der Waals surface area contributed by atoms with E-state index < -0.39 is 0 Å². The molecule has 0 aliphatic heterocycles. The monoisotopic (exact) mass is 298 g/mol. The summed E-state index contributed by atoms with van der Waals surface area (Å²) in [6, 6.07) is 24.4. The molecule has 0 N–H and O–H groups in total. The number of nitrogens with zero attached hydrogens (tertiary/aromatic N) is 2. The van der Waals surface area contributed by atoms with Gasteiger partial charge in [0.05, 0.1) is 11.0 Å². The van der Waals surface area contributed by atoms with Gasteiger partial charge in [-0.05, 0) is 24.3 Å². The van der Waals surface area contributed by atoms with E-state index in [-0.39, 0.29) is 0 Å². The molecule has 0 amide bonds. The van der Waals surface area contributed by atoms with Crippen LogP contribution in [-0.4, -0.2) is 9.97 Å². The molecule has 2 aromatic heterocycles. The van der Waals surface area contributed by atoms with Crippen molar-refractivity contribution in [2.75, 3.05) is 0 Å². The number of fused-ring (bicyclic) bond motifs is 2. The van der Waals surface area contributed by atoms with Crippen LogP contribution in [-0.2, 0) is 6.42 Å². The fraction of sp³-hybridized carbons (Fsp3) is 0.0476. The summed E-state index contributed by atoms with van der Waals surface area (Å²) in [7, 11) is 0. The van der Waals surface area contributed by atoms with Crippen LogP contribution in [0.15, 0.2) is 91.6 Å². The van der Waals surface area contributed by atoms with E-state index in [4.69, 9.17) is 0 Å². The van der Waals surface area contributed by atoms with E-state index in [2.05, 4.69) is 40.8 Å². The zero-order chi connectivity index (χ0) is 15.9. The van der Waals surface area contributed by atoms with Gasteiger partial charge in [0.15, 0.2) is 0 Å². The first kappa shape index (κ1) is 14.9. The van der Waals surface area contributed by atoms with Crippen LogP contribution in [0.3, 0.4) is 0 Å². The summed E-state index contributed by atoms with van der Waals surface area (Å²) in [5.41, 5.74) is 3.19. The van der Waals surface area contributed by atoms with E-state index in [1.54, 1.807) is 0 Å². The third-order valence-electron chi connectivity index (χ3n) is 3.52. The van der Waals surface area contributed by atoms with Crippen LogP contribution in [0.4, 0.5) is 0 Å². The molecule has 2 aromatic carbocycles. The summed E-state index contributed by atoms with van der Waals surface area (Å²) < 4.78 is 0. The fourth-order valence-corrected chi connectivity index (χ4v) is 2.39. The quantitative estimate of drug-likeness (QED) is 0.475. The molecule has 0 saturated heterocycles. The van der Waals surface area contributed by atoms with Crippen molar-refractivity contribution in [2.24, 2.45) is 0 Å². The minimum atomic E-state index is 0.838. The normalized spacial score (nSPS) is 10.1. The van der Waals surface area contributed by atoms with Crippen molar-refractivity contribution in [3.63, 3.8) is 0 Å². The van der Waals surface area contributed by atoms with E-state index >= 15 is 0 Å². The van der Waals surface area contributed by atoms with Gasteiger partial charge in [-0.25, -0.2) is 0 Å². The molecule has 0 aliphatic rings. The smallest absolute Gasteiger partial charge is 0.0705 e. The van der Waals surface area contributed by atoms with Crippen molar-refractivity contribution >= 4 is 21.8 Å². The van der Waals surface area contributed by atoms with Crippen LogP contribution in [0.2, 0.25) is 0 Å². The van der Waals surface area contributed by atoms with Gasteiger partial charge < -0.3 is 0 Å². The zero-order valence-corrected chi connectivity index (χ0v) is 12.9. The zero-order valence-electron chi connectivity index (χ0n) is 12.9. The molecule has 0 saturated carbocycles. The number of hydrogen-bond donors (Lipinski definition) is 0. The molecular formula is C21H18N2. The van der Waals surface area contributed by atoms with Crippen LogP contribution in [0.5, 0.6) is 0 Å². The molecule has 0 radical (unpaired) electrons. The fourth-order valence-electron chi connectivity index (χ4n) is 2.39. The van der Waals surface area contributed by atoms with Crippen molar-refractivity contribution in [3.8, 4) is 0 Å². The first-order valence-corrected chi connectivity index (χ1v) is 7.62. The van der Waals surface area contributed by atoms with Crippen LogP contribution < -0.4 is 0 Å². The third-order valence-corrected chi connectivity index (χ3v) is 3.52. The van der Waals surface area contributed by atoms with Gasteiger partial charge in [-0.3, -0.25) is 9.97 Å². The van der Waals surface area contributed by atoms with Gasteiger partial charge in [-0.1, -0.05) is 54.6 Å². The Morgan fingerprint density at radius 1 is 0.739 bits per heavy atom. The highest BCUT2D eigenvalue weighted by molar-refractivity contribution is 5.78. The molecule has 0 aliphatic carbocycles. The highest BCUT2D eigenvalue weighted by atomic mass is 14.7. The second-order valence-electron chi connectivity index (χ2n) is 5.18. The van der Waals surface area contributed by atoms with Gasteiger partial charge in [-0.2, -0.15) is 0 Å². The Kier molecular flexibility index (Phi) is 4.75. The Morgan fingerprint density at radius 2 is 1.39 bits per heavy atom. The molecule has 23 heavy (non-hydrogen) atoms. The SMILES string of the molecule is C=CCc1ccc2ccccc2n1.c1ccc2ncccc2c1. The van der Waals surface area contributed by atoms with E-state index in [1.807, 2.05) is 60.8 Å². The first-order valence-electron chi connectivity index (χ1n) is 7.62. The molecule has 0 atom stereocenters. The second-order valence-corrected chi connectivity index (χ2v) is 5.18. The number of pyridine rings is 2. The van der Waals surface area contributed by atoms with Gasteiger partial charge >= 0.3 is 0 Å². The Morgan fingerprint density at radius 3 is 2.13 bits per heavy atom. The number of allylic oxidation sites excluding steroid dienone is 1. The second kappa shape index (κ2) is 7.32. The molecule has 2 nitrogen and oxygen atoms in total. The topological polar surface area (TPSA) is 25.8 Å². The first-order chi connectivity index (χ1) is 11.4. The third kappa shape index (κ3) is 3.80. The van der Waals surface area contributed by atoms with Crippen LogP contribution in [0.1, 0.15) is 5.69 Å². The molecule has 0 spiro atoms. The predicted molar refractivity (Wildman–Crippen MR) is 97.4 cm³/mol. The number of aromatic nitrogens is 2. The largest absolute Gasteiger partial charge is 0.256 e. The van der Waals surface area contributed by atoms with Crippen molar-refractivity contribution in [3.05, 3.63) is 97.3 Å². The van der Waals surface area contributed by atoms with Gasteiger partial charge in [0.25, 0.3) is 0 Å². The molecule has 0 fully saturated rings. The maximum atomic E-state index is 4.49. The summed E-state index contributed by atoms with van der Waals surface area (Å²) in [6.07, 6.45) is 4.52. The van der Waals surface area contributed by atoms with Crippen molar-refractivity contribution in [1.29, 1.82) is 0 Å². The minimum Gasteiger partial charge on any atom is -0.256 e. The Hall–Kier alpha value is -3.00. The number of benzene rings is 2. The lowest BCUT2D eigenvalue weighted by molar-refractivity contribution is 1.15. The maximum Gasteiger partial charge on any atom is 0.0705 e. The molecule has 2 heterocycles. The summed E-state index contributed by atoms with van der Waals surface area (Å²) in [5, 5.41) is 2.39. The lowest BCUT2D eigenvalue weighted by atomic mass is 10.2. The number of hydrogen-bond acceptors (Lipinski definition) is 2. The Bertz CT molecular complexity index is 863. The summed E-state index contributed by atoms with van der Waals surface area (Å²) in [5.74, 6) is 0. The minimum absolute atomic E-state index is 0.838. The van der Waals surface area contributed by atoms with Crippen molar-refractivity contribution in [1.82, 2.24) is 9.97 Å². The summed E-state index contributed by atoms with van der Waals surface area (Å²) in [6.45, 7) is 3.70. The van der Waals surface area contributed by atoms with Gasteiger partial charge in [-0.15, -0.1) is 6.58 Å². The summed E-state index contributed by atoms with van der Waals surface area (Å²) in [4.78, 5) is 8.67. The standard InChI is InChI=1S/C12H11N.C9H7N/c1-2-5-11-9-8-10-6-3-4-7-12(10)13-11;1-2-6-9-8(4-1)5-3-7-10-9/h2-4,6-9H,1,5H2;1-7H. The molecule has 2 heteroatoms. The van der Waals surface area contributed by atoms with Crippen LogP contribution >= 0.6 is 0 Å². The number of para-hydroxylation sites is 2. The summed E-state index contributed by atoms with van der Waals surface area (Å²) >= 11 is 0. The van der Waals surface area contributed by atoms with E-state index in [0.29, 0.717) is 0 Å². The van der Waals surface area contributed by atoms with Gasteiger partial charge in [0.2, 0.25) is 0 Å². The Balaban J connectivity index is 0.000000140. The van der Waals surface area contributed by atoms with Gasteiger partial charge in [0.1, 0.15) is 0 Å². The highest BCUT2D eigenvalue weighted by Crippen LogP contribution is 2.12. The molecule has 0 bridgehead atoms. The lowest BCUT2D eigenvalue weighted by Crippen LogP contribution is -1.87.